The number of nitrogens with zero attached hydrogens (tertiary/aromatic N) is 3. The molecule has 0 fully saturated rings. The molecule has 0 saturated carbocycles. The van der Waals surface area contributed by atoms with Crippen molar-refractivity contribution in [1.82, 2.24) is 14.4 Å². The van der Waals surface area contributed by atoms with Gasteiger partial charge in [-0.05, 0) is 88.8 Å². The lowest BCUT2D eigenvalue weighted by Crippen LogP contribution is -1.93. The van der Waals surface area contributed by atoms with Crippen LogP contribution >= 0.6 is 0 Å². The van der Waals surface area contributed by atoms with Crippen molar-refractivity contribution in [3.05, 3.63) is 163 Å². The van der Waals surface area contributed by atoms with Gasteiger partial charge >= 0.3 is 0 Å². The molecule has 0 saturated heterocycles. The smallest absolute Gasteiger partial charge is 0.137 e. The largest absolute Gasteiger partial charge is 0.299 e. The summed E-state index contributed by atoms with van der Waals surface area (Å²) in [6.45, 7) is 4.14. The summed E-state index contributed by atoms with van der Waals surface area (Å²) < 4.78 is 2.18. The van der Waals surface area contributed by atoms with Gasteiger partial charge in [0.1, 0.15) is 5.65 Å². The molecular weight excluding hydrogens is 546 g/mol. The molecule has 45 heavy (non-hydrogen) atoms. The molecule has 0 spiro atoms. The zero-order chi connectivity index (χ0) is 30.3. The van der Waals surface area contributed by atoms with Crippen molar-refractivity contribution < 1.29 is 0 Å². The second-order valence-corrected chi connectivity index (χ2v) is 11.6. The average molecular weight is 578 g/mol. The Morgan fingerprint density at radius 2 is 1.16 bits per heavy atom. The van der Waals surface area contributed by atoms with Gasteiger partial charge in [-0.1, -0.05) is 109 Å². The number of hydrogen-bond acceptors (Lipinski definition) is 2. The monoisotopic (exact) mass is 577 g/mol. The Kier molecular flexibility index (Phi) is 6.57. The van der Waals surface area contributed by atoms with Crippen molar-refractivity contribution in [3.63, 3.8) is 0 Å². The molecule has 0 bridgehead atoms. The Bertz CT molecular complexity index is 2320. The molecule has 8 rings (SSSR count). The van der Waals surface area contributed by atoms with Gasteiger partial charge in [0, 0.05) is 34.3 Å². The summed E-state index contributed by atoms with van der Waals surface area (Å²) in [6.07, 6.45) is 2.09. The van der Waals surface area contributed by atoms with Crippen molar-refractivity contribution in [2.24, 2.45) is 0 Å². The van der Waals surface area contributed by atoms with E-state index in [9.17, 15) is 0 Å². The number of pyridine rings is 2. The first kappa shape index (κ1) is 26.8. The predicted octanol–water partition coefficient (Wildman–Crippen LogP) is 10.8. The highest BCUT2D eigenvalue weighted by Gasteiger charge is 2.17. The van der Waals surface area contributed by atoms with Gasteiger partial charge in [0.05, 0.1) is 11.4 Å². The minimum absolute atomic E-state index is 0.935. The second-order valence-electron chi connectivity index (χ2n) is 11.6. The molecule has 0 radical (unpaired) electrons. The molecule has 0 aliphatic heterocycles. The van der Waals surface area contributed by atoms with Gasteiger partial charge in [0.15, 0.2) is 0 Å². The van der Waals surface area contributed by atoms with E-state index in [4.69, 9.17) is 9.97 Å². The van der Waals surface area contributed by atoms with Crippen LogP contribution < -0.4 is 0 Å². The molecular formula is C42H31N3. The maximum Gasteiger partial charge on any atom is 0.137 e. The summed E-state index contributed by atoms with van der Waals surface area (Å²) in [5.41, 5.74) is 14.4. The van der Waals surface area contributed by atoms with Gasteiger partial charge in [-0.2, -0.15) is 0 Å². The number of fused-ring (bicyclic) bond motifs is 2. The third-order valence-electron chi connectivity index (χ3n) is 8.64. The quantitative estimate of drug-likeness (QED) is 0.204. The number of benzene rings is 5. The molecule has 214 valence electrons. The summed E-state index contributed by atoms with van der Waals surface area (Å²) in [4.78, 5) is 9.82. The molecule has 5 aromatic carbocycles. The van der Waals surface area contributed by atoms with Gasteiger partial charge in [-0.25, -0.2) is 4.98 Å². The van der Waals surface area contributed by atoms with Crippen LogP contribution in [0.25, 0.3) is 72.3 Å². The molecule has 3 aromatic heterocycles. The van der Waals surface area contributed by atoms with Crippen LogP contribution in [0, 0.1) is 13.8 Å². The fourth-order valence-corrected chi connectivity index (χ4v) is 6.46. The molecule has 0 N–H and O–H groups in total. The van der Waals surface area contributed by atoms with E-state index in [1.165, 1.54) is 27.5 Å². The summed E-state index contributed by atoms with van der Waals surface area (Å²) >= 11 is 0. The van der Waals surface area contributed by atoms with Gasteiger partial charge in [-0.3, -0.25) is 9.38 Å². The Morgan fingerprint density at radius 1 is 0.467 bits per heavy atom. The maximum absolute atomic E-state index is 5.03. The summed E-state index contributed by atoms with van der Waals surface area (Å²) in [5.74, 6) is 0. The predicted molar refractivity (Wildman–Crippen MR) is 187 cm³/mol. The fourth-order valence-electron chi connectivity index (χ4n) is 6.46. The Morgan fingerprint density at radius 3 is 1.98 bits per heavy atom. The van der Waals surface area contributed by atoms with Crippen molar-refractivity contribution >= 4 is 16.4 Å². The van der Waals surface area contributed by atoms with Crippen LogP contribution in [0.5, 0.6) is 0 Å². The summed E-state index contributed by atoms with van der Waals surface area (Å²) in [7, 11) is 0. The minimum Gasteiger partial charge on any atom is -0.299 e. The molecule has 0 aliphatic carbocycles. The van der Waals surface area contributed by atoms with Crippen LogP contribution in [0.4, 0.5) is 0 Å². The van der Waals surface area contributed by atoms with E-state index in [1.54, 1.807) is 0 Å². The number of hydrogen-bond donors (Lipinski definition) is 0. The van der Waals surface area contributed by atoms with Gasteiger partial charge in [0.2, 0.25) is 0 Å². The van der Waals surface area contributed by atoms with E-state index < -0.39 is 0 Å². The van der Waals surface area contributed by atoms with Crippen molar-refractivity contribution in [1.29, 1.82) is 0 Å². The highest BCUT2D eigenvalue weighted by atomic mass is 15.0. The molecule has 3 nitrogen and oxygen atoms in total. The van der Waals surface area contributed by atoms with Crippen LogP contribution in [-0.2, 0) is 0 Å². The topological polar surface area (TPSA) is 30.2 Å². The normalized spacial score (nSPS) is 11.3. The molecule has 0 unspecified atom stereocenters. The number of aryl methyl sites for hydroxylation is 2. The molecule has 0 aliphatic rings. The molecule has 0 amide bonds. The van der Waals surface area contributed by atoms with E-state index in [2.05, 4.69) is 151 Å². The molecule has 8 aromatic rings. The number of aromatic nitrogens is 3. The first-order chi connectivity index (χ1) is 22.1. The minimum atomic E-state index is 0.935. The highest BCUT2D eigenvalue weighted by Crippen LogP contribution is 2.38. The van der Waals surface area contributed by atoms with E-state index in [-0.39, 0.29) is 0 Å². The maximum atomic E-state index is 5.03. The van der Waals surface area contributed by atoms with Crippen molar-refractivity contribution in [2.45, 2.75) is 13.8 Å². The SMILES string of the molecule is Cc1ccc(-c2cc(-c3ccc(-c4c(-c5ccccc5)nc5ccccn45)cc3)cc(-c3cccc4ccccc34)c2)c(C)n1. The first-order valence-corrected chi connectivity index (χ1v) is 15.3. The average Bonchev–Trinajstić information content (AvgIpc) is 3.48. The van der Waals surface area contributed by atoms with E-state index in [0.717, 1.165) is 56.2 Å². The molecule has 3 heteroatoms. The van der Waals surface area contributed by atoms with Gasteiger partial charge in [-0.15, -0.1) is 0 Å². The zero-order valence-electron chi connectivity index (χ0n) is 25.3. The van der Waals surface area contributed by atoms with E-state index >= 15 is 0 Å². The van der Waals surface area contributed by atoms with Crippen LogP contribution in [0.2, 0.25) is 0 Å². The fraction of sp³-hybridized carbons (Fsp3) is 0.0476. The second kappa shape index (κ2) is 11.0. The lowest BCUT2D eigenvalue weighted by Gasteiger charge is -2.15. The summed E-state index contributed by atoms with van der Waals surface area (Å²) in [5, 5.41) is 2.49. The number of imidazole rings is 1. The van der Waals surface area contributed by atoms with Crippen LogP contribution in [0.3, 0.4) is 0 Å². The van der Waals surface area contributed by atoms with Crippen molar-refractivity contribution in [2.75, 3.05) is 0 Å². The van der Waals surface area contributed by atoms with Crippen LogP contribution in [-0.4, -0.2) is 14.4 Å². The first-order valence-electron chi connectivity index (χ1n) is 15.3. The van der Waals surface area contributed by atoms with E-state index in [1.807, 2.05) is 19.1 Å². The van der Waals surface area contributed by atoms with Crippen LogP contribution in [0.1, 0.15) is 11.4 Å². The Labute approximate surface area is 263 Å². The Hall–Kier alpha value is -5.80. The van der Waals surface area contributed by atoms with Crippen molar-refractivity contribution in [3.8, 4) is 55.9 Å². The lowest BCUT2D eigenvalue weighted by molar-refractivity contribution is 1.13. The standard InChI is InChI=1S/C42H31N3/c1-28-18-23-37(29(2)43-28)35-25-34(26-36(27-35)39-16-10-14-31-11-6-7-15-38(31)39)30-19-21-33(22-20-30)42-41(32-12-4-3-5-13-32)44-40-17-8-9-24-45(40)42/h3-27H,1-2H3. The third kappa shape index (κ3) is 4.89. The third-order valence-corrected chi connectivity index (χ3v) is 8.64. The van der Waals surface area contributed by atoms with Crippen LogP contribution in [0.15, 0.2) is 152 Å². The molecule has 0 atom stereocenters. The highest BCUT2D eigenvalue weighted by molar-refractivity contribution is 5.98. The number of rotatable bonds is 5. The molecule has 3 heterocycles. The lowest BCUT2D eigenvalue weighted by atomic mass is 9.90. The van der Waals surface area contributed by atoms with Gasteiger partial charge in [0.25, 0.3) is 0 Å². The van der Waals surface area contributed by atoms with Gasteiger partial charge < -0.3 is 0 Å². The zero-order valence-corrected chi connectivity index (χ0v) is 25.3. The van der Waals surface area contributed by atoms with E-state index in [0.29, 0.717) is 0 Å². The summed E-state index contributed by atoms with van der Waals surface area (Å²) in [6, 6.07) is 51.9. The Balaban J connectivity index is 1.29.